The van der Waals surface area contributed by atoms with Gasteiger partial charge in [0.15, 0.2) is 0 Å². The van der Waals surface area contributed by atoms with Crippen molar-refractivity contribution in [1.29, 1.82) is 0 Å². The van der Waals surface area contributed by atoms with Crippen LogP contribution >= 0.6 is 0 Å². The molecule has 0 saturated carbocycles. The smallest absolute Gasteiger partial charge is 0.341 e. The number of methoxy groups -OCH3 is 1. The van der Waals surface area contributed by atoms with Crippen LogP contribution in [0.1, 0.15) is 44.9 Å². The quantitative estimate of drug-likeness (QED) is 0.285. The molecule has 0 spiro atoms. The van der Waals surface area contributed by atoms with Crippen LogP contribution in [0.3, 0.4) is 0 Å². The van der Waals surface area contributed by atoms with Crippen LogP contribution in [0, 0.1) is 0 Å². The third kappa shape index (κ3) is 4.91. The minimum atomic E-state index is -0.462. The van der Waals surface area contributed by atoms with Gasteiger partial charge >= 0.3 is 5.97 Å². The Hall–Kier alpha value is -4.78. The molecule has 1 heterocycles. The number of rotatable bonds is 8. The van der Waals surface area contributed by atoms with E-state index in [1.807, 2.05) is 72.8 Å². The molecule has 7 heteroatoms. The number of para-hydroxylation sites is 3. The molecule has 0 unspecified atom stereocenters. The standard InChI is InChI=1S/C31H28N2O5/c1-3-37-31(35)25-14-8-10-16-28(25)38-20-22-19-21(17-18-27(22)36-2)29-32-26-15-9-7-13-24(26)30(34)33(29)23-11-5-4-6-12-23/h4-19,29,32H,3,20H2,1-2H3/t29-/m1/s1. The molecule has 0 radical (unpaired) electrons. The van der Waals surface area contributed by atoms with Gasteiger partial charge in [0.25, 0.3) is 5.91 Å². The third-order valence-corrected chi connectivity index (χ3v) is 6.35. The molecule has 1 amide bonds. The second-order valence-corrected chi connectivity index (χ2v) is 8.68. The van der Waals surface area contributed by atoms with E-state index in [0.717, 1.165) is 22.5 Å². The fourth-order valence-corrected chi connectivity index (χ4v) is 4.55. The highest BCUT2D eigenvalue weighted by Gasteiger charge is 2.34. The Balaban J connectivity index is 1.50. The molecule has 5 rings (SSSR count). The molecule has 7 nitrogen and oxygen atoms in total. The normalized spacial score (nSPS) is 14.3. The maximum absolute atomic E-state index is 13.7. The number of ether oxygens (including phenoxy) is 3. The van der Waals surface area contributed by atoms with Crippen molar-refractivity contribution < 1.29 is 23.8 Å². The number of hydrogen-bond acceptors (Lipinski definition) is 6. The number of fused-ring (bicyclic) bond motifs is 1. The number of benzene rings is 4. The predicted octanol–water partition coefficient (Wildman–Crippen LogP) is 6.22. The lowest BCUT2D eigenvalue weighted by Crippen LogP contribution is -2.43. The minimum absolute atomic E-state index is 0.0902. The zero-order chi connectivity index (χ0) is 26.5. The Labute approximate surface area is 221 Å². The zero-order valence-electron chi connectivity index (χ0n) is 21.2. The summed E-state index contributed by atoms with van der Waals surface area (Å²) in [6, 6.07) is 29.8. The van der Waals surface area contributed by atoms with Gasteiger partial charge in [-0.25, -0.2) is 4.79 Å². The first-order valence-electron chi connectivity index (χ1n) is 12.4. The third-order valence-electron chi connectivity index (χ3n) is 6.35. The van der Waals surface area contributed by atoms with Gasteiger partial charge in [-0.15, -0.1) is 0 Å². The average Bonchev–Trinajstić information content (AvgIpc) is 2.96. The SMILES string of the molecule is CCOC(=O)c1ccccc1OCc1cc([C@@H]2Nc3ccccc3C(=O)N2c2ccccc2)ccc1OC. The Morgan fingerprint density at radius 1 is 0.895 bits per heavy atom. The molecule has 1 aliphatic rings. The van der Waals surface area contributed by atoms with Gasteiger partial charge in [0, 0.05) is 16.9 Å². The summed E-state index contributed by atoms with van der Waals surface area (Å²) in [7, 11) is 1.60. The lowest BCUT2D eigenvalue weighted by Gasteiger charge is -2.38. The molecule has 0 saturated heterocycles. The number of carbonyl (C=O) groups excluding carboxylic acids is 2. The largest absolute Gasteiger partial charge is 0.496 e. The first-order valence-corrected chi connectivity index (χ1v) is 12.4. The lowest BCUT2D eigenvalue weighted by atomic mass is 10.0. The molecular formula is C31H28N2O5. The molecule has 192 valence electrons. The highest BCUT2D eigenvalue weighted by atomic mass is 16.5. The molecule has 0 fully saturated rings. The predicted molar refractivity (Wildman–Crippen MR) is 146 cm³/mol. The fraction of sp³-hybridized carbons (Fsp3) is 0.161. The van der Waals surface area contributed by atoms with E-state index in [1.54, 1.807) is 43.2 Å². The highest BCUT2D eigenvalue weighted by molar-refractivity contribution is 6.12. The Morgan fingerprint density at radius 2 is 1.63 bits per heavy atom. The first kappa shape index (κ1) is 24.9. The Morgan fingerprint density at radius 3 is 2.42 bits per heavy atom. The van der Waals surface area contributed by atoms with Crippen LogP contribution in [-0.2, 0) is 11.3 Å². The molecule has 0 aromatic heterocycles. The van der Waals surface area contributed by atoms with Crippen LogP contribution in [-0.4, -0.2) is 25.6 Å². The number of esters is 1. The van der Waals surface area contributed by atoms with Gasteiger partial charge in [-0.3, -0.25) is 9.69 Å². The van der Waals surface area contributed by atoms with E-state index < -0.39 is 12.1 Å². The molecule has 0 bridgehead atoms. The summed E-state index contributed by atoms with van der Waals surface area (Å²) < 4.78 is 16.9. The van der Waals surface area contributed by atoms with Crippen LogP contribution in [0.4, 0.5) is 11.4 Å². The first-order chi connectivity index (χ1) is 18.6. The number of amides is 1. The molecule has 0 aliphatic carbocycles. The van der Waals surface area contributed by atoms with Gasteiger partial charge in [0.1, 0.15) is 29.8 Å². The summed E-state index contributed by atoms with van der Waals surface area (Å²) in [5, 5.41) is 3.53. The lowest BCUT2D eigenvalue weighted by molar-refractivity contribution is 0.0521. The van der Waals surface area contributed by atoms with Crippen LogP contribution in [0.2, 0.25) is 0 Å². The molecule has 38 heavy (non-hydrogen) atoms. The van der Waals surface area contributed by atoms with Gasteiger partial charge in [-0.05, 0) is 61.0 Å². The summed E-state index contributed by atoms with van der Waals surface area (Å²) in [4.78, 5) is 27.8. The molecular weight excluding hydrogens is 480 g/mol. The van der Waals surface area contributed by atoms with Gasteiger partial charge < -0.3 is 19.5 Å². The maximum atomic E-state index is 13.7. The van der Waals surface area contributed by atoms with Crippen molar-refractivity contribution >= 4 is 23.3 Å². The van der Waals surface area contributed by atoms with Crippen molar-refractivity contribution in [3.8, 4) is 11.5 Å². The van der Waals surface area contributed by atoms with Crippen molar-refractivity contribution in [1.82, 2.24) is 0 Å². The summed E-state index contributed by atoms with van der Waals surface area (Å²) in [5.41, 5.74) is 4.14. The van der Waals surface area contributed by atoms with E-state index >= 15 is 0 Å². The molecule has 1 N–H and O–H groups in total. The van der Waals surface area contributed by atoms with Crippen LogP contribution in [0.15, 0.2) is 97.1 Å². The van der Waals surface area contributed by atoms with Crippen molar-refractivity contribution in [2.45, 2.75) is 19.7 Å². The van der Waals surface area contributed by atoms with Crippen LogP contribution in [0.5, 0.6) is 11.5 Å². The average molecular weight is 509 g/mol. The summed E-state index contributed by atoms with van der Waals surface area (Å²) in [6.07, 6.45) is -0.462. The summed E-state index contributed by atoms with van der Waals surface area (Å²) in [6.45, 7) is 2.19. The number of nitrogens with zero attached hydrogens (tertiary/aromatic N) is 1. The van der Waals surface area contributed by atoms with E-state index in [1.165, 1.54) is 0 Å². The van der Waals surface area contributed by atoms with Crippen molar-refractivity contribution in [2.75, 3.05) is 23.9 Å². The van der Waals surface area contributed by atoms with E-state index in [0.29, 0.717) is 22.6 Å². The van der Waals surface area contributed by atoms with Crippen LogP contribution in [0.25, 0.3) is 0 Å². The highest BCUT2D eigenvalue weighted by Crippen LogP contribution is 2.38. The molecule has 4 aromatic rings. The number of anilines is 2. The summed E-state index contributed by atoms with van der Waals surface area (Å²) in [5.74, 6) is 0.527. The van der Waals surface area contributed by atoms with Crippen molar-refractivity contribution in [3.63, 3.8) is 0 Å². The van der Waals surface area contributed by atoms with E-state index in [2.05, 4.69) is 5.32 Å². The minimum Gasteiger partial charge on any atom is -0.496 e. The van der Waals surface area contributed by atoms with Gasteiger partial charge in [-0.2, -0.15) is 0 Å². The van der Waals surface area contributed by atoms with Gasteiger partial charge in [-0.1, -0.05) is 48.5 Å². The number of carbonyl (C=O) groups is 2. The van der Waals surface area contributed by atoms with E-state index in [9.17, 15) is 9.59 Å². The van der Waals surface area contributed by atoms with E-state index in [4.69, 9.17) is 14.2 Å². The van der Waals surface area contributed by atoms with Crippen molar-refractivity contribution in [3.05, 3.63) is 119 Å². The van der Waals surface area contributed by atoms with Crippen molar-refractivity contribution in [2.24, 2.45) is 0 Å². The molecule has 1 aliphatic heterocycles. The fourth-order valence-electron chi connectivity index (χ4n) is 4.55. The van der Waals surface area contributed by atoms with Gasteiger partial charge in [0.2, 0.25) is 0 Å². The summed E-state index contributed by atoms with van der Waals surface area (Å²) >= 11 is 0. The zero-order valence-corrected chi connectivity index (χ0v) is 21.2. The topological polar surface area (TPSA) is 77.1 Å². The Bertz CT molecular complexity index is 1450. The Kier molecular flexibility index (Phi) is 7.26. The monoisotopic (exact) mass is 508 g/mol. The number of hydrogen-bond donors (Lipinski definition) is 1. The second-order valence-electron chi connectivity index (χ2n) is 8.68. The molecule has 1 atom stereocenters. The molecule has 4 aromatic carbocycles. The van der Waals surface area contributed by atoms with Gasteiger partial charge in [0.05, 0.1) is 19.3 Å². The van der Waals surface area contributed by atoms with Crippen LogP contribution < -0.4 is 19.7 Å². The second kappa shape index (κ2) is 11.1. The van der Waals surface area contributed by atoms with E-state index in [-0.39, 0.29) is 19.1 Å². The number of nitrogens with one attached hydrogen (secondary N) is 1. The maximum Gasteiger partial charge on any atom is 0.341 e.